The number of nitrogens with one attached hydrogen (secondary N) is 1. The molecule has 0 fully saturated rings. The Morgan fingerprint density at radius 3 is 2.50 bits per heavy atom. The average Bonchev–Trinajstić information content (AvgIpc) is 2.11. The van der Waals surface area contributed by atoms with Crippen LogP contribution in [0.4, 0.5) is 0 Å². The second-order valence-corrected chi connectivity index (χ2v) is 4.53. The summed E-state index contributed by atoms with van der Waals surface area (Å²) < 4.78 is 0.659. The molecule has 1 amide bonds. The topological polar surface area (TPSA) is 66.4 Å². The fourth-order valence-corrected chi connectivity index (χ4v) is 2.12. The molecule has 0 heterocycles. The van der Waals surface area contributed by atoms with Crippen molar-refractivity contribution >= 4 is 39.4 Å². The van der Waals surface area contributed by atoms with Gasteiger partial charge in [-0.1, -0.05) is 27.5 Å². The van der Waals surface area contributed by atoms with E-state index in [1.165, 1.54) is 13.0 Å². The largest absolute Gasteiger partial charge is 0.479 e. The van der Waals surface area contributed by atoms with Gasteiger partial charge in [0.15, 0.2) is 6.04 Å². The molecule has 0 aliphatic carbocycles. The summed E-state index contributed by atoms with van der Waals surface area (Å²) in [5.74, 6) is -1.55. The molecule has 0 aliphatic heterocycles. The van der Waals surface area contributed by atoms with Gasteiger partial charge in [-0.15, -0.1) is 0 Å². The van der Waals surface area contributed by atoms with Gasteiger partial charge >= 0.3 is 5.97 Å². The Morgan fingerprint density at radius 1 is 1.44 bits per heavy atom. The number of hydrogen-bond acceptors (Lipinski definition) is 2. The number of carboxylic acid groups (broad SMARTS) is 1. The smallest absolute Gasteiger partial charge is 0.330 e. The molecule has 0 saturated heterocycles. The van der Waals surface area contributed by atoms with Gasteiger partial charge in [-0.25, -0.2) is 4.79 Å². The highest BCUT2D eigenvalue weighted by atomic mass is 79.9. The molecule has 1 aromatic carbocycles. The molecule has 4 nitrogen and oxygen atoms in total. The Morgan fingerprint density at radius 2 is 2.06 bits per heavy atom. The second-order valence-electron chi connectivity index (χ2n) is 3.17. The first-order valence-corrected chi connectivity index (χ1v) is 5.53. The predicted molar refractivity (Wildman–Crippen MR) is 63.3 cm³/mol. The molecule has 16 heavy (non-hydrogen) atoms. The quantitative estimate of drug-likeness (QED) is 0.901. The molecule has 1 atom stereocenters. The summed E-state index contributed by atoms with van der Waals surface area (Å²) in [6.45, 7) is 1.26. The van der Waals surface area contributed by atoms with E-state index in [9.17, 15) is 9.59 Å². The summed E-state index contributed by atoms with van der Waals surface area (Å²) in [7, 11) is 0. The van der Waals surface area contributed by atoms with Crippen molar-refractivity contribution in [3.8, 4) is 0 Å². The first kappa shape index (κ1) is 13.0. The minimum atomic E-state index is -1.13. The lowest BCUT2D eigenvalue weighted by molar-refractivity contribution is -0.141. The van der Waals surface area contributed by atoms with Gasteiger partial charge in [0.1, 0.15) is 0 Å². The van der Waals surface area contributed by atoms with Gasteiger partial charge in [0.2, 0.25) is 5.91 Å². The normalized spacial score (nSPS) is 11.9. The number of hydrogen-bond donors (Lipinski definition) is 2. The van der Waals surface area contributed by atoms with Gasteiger partial charge in [-0.05, 0) is 23.8 Å². The lowest BCUT2D eigenvalue weighted by atomic mass is 10.1. The molecule has 0 aliphatic rings. The Kier molecular flexibility index (Phi) is 4.32. The van der Waals surface area contributed by atoms with E-state index in [1.807, 2.05) is 0 Å². The zero-order valence-electron chi connectivity index (χ0n) is 8.33. The third kappa shape index (κ3) is 3.50. The van der Waals surface area contributed by atoms with Crippen molar-refractivity contribution in [2.24, 2.45) is 0 Å². The van der Waals surface area contributed by atoms with Crippen LogP contribution in [0.25, 0.3) is 0 Å². The van der Waals surface area contributed by atoms with Gasteiger partial charge in [0.05, 0.1) is 0 Å². The number of halogens is 2. The molecule has 1 rings (SSSR count). The van der Waals surface area contributed by atoms with Crippen LogP contribution in [-0.2, 0) is 9.59 Å². The minimum Gasteiger partial charge on any atom is -0.479 e. The summed E-state index contributed by atoms with van der Waals surface area (Å²) in [6.07, 6.45) is 0. The number of carbonyl (C=O) groups excluding carboxylic acids is 1. The maximum absolute atomic E-state index is 11.0. The molecular weight excluding hydrogens is 297 g/mol. The zero-order chi connectivity index (χ0) is 12.3. The Bertz CT molecular complexity index is 416. The van der Waals surface area contributed by atoms with E-state index < -0.39 is 17.9 Å². The monoisotopic (exact) mass is 305 g/mol. The third-order valence-electron chi connectivity index (χ3n) is 1.81. The molecule has 86 valence electrons. The molecule has 0 spiro atoms. The number of benzene rings is 1. The van der Waals surface area contributed by atoms with Gasteiger partial charge in [0.25, 0.3) is 0 Å². The fourth-order valence-electron chi connectivity index (χ4n) is 1.23. The Hall–Kier alpha value is -1.07. The van der Waals surface area contributed by atoms with Crippen LogP contribution in [0.5, 0.6) is 0 Å². The summed E-state index contributed by atoms with van der Waals surface area (Å²) in [6, 6.07) is 3.65. The van der Waals surface area contributed by atoms with Crippen molar-refractivity contribution < 1.29 is 14.7 Å². The van der Waals surface area contributed by atoms with Crippen molar-refractivity contribution in [2.75, 3.05) is 0 Å². The van der Waals surface area contributed by atoms with E-state index >= 15 is 0 Å². The molecule has 1 unspecified atom stereocenters. The van der Waals surface area contributed by atoms with E-state index in [2.05, 4.69) is 21.2 Å². The summed E-state index contributed by atoms with van der Waals surface area (Å²) in [5.41, 5.74) is 0.419. The SMILES string of the molecule is CC(=O)NC(C(=O)O)c1cc(Cl)cc(Br)c1. The van der Waals surface area contributed by atoms with Crippen LogP contribution in [0.1, 0.15) is 18.5 Å². The van der Waals surface area contributed by atoms with E-state index in [0.717, 1.165) is 0 Å². The van der Waals surface area contributed by atoms with Crippen LogP contribution >= 0.6 is 27.5 Å². The number of carboxylic acids is 1. The van der Waals surface area contributed by atoms with E-state index in [0.29, 0.717) is 15.1 Å². The number of rotatable bonds is 3. The molecule has 1 aromatic rings. The van der Waals surface area contributed by atoms with Crippen LogP contribution in [0.15, 0.2) is 22.7 Å². The second kappa shape index (κ2) is 5.32. The predicted octanol–water partition coefficient (Wildman–Crippen LogP) is 2.36. The lowest BCUT2D eigenvalue weighted by Crippen LogP contribution is -2.31. The lowest BCUT2D eigenvalue weighted by Gasteiger charge is -2.14. The number of aliphatic carboxylic acids is 1. The van der Waals surface area contributed by atoms with E-state index in [1.54, 1.807) is 12.1 Å². The van der Waals surface area contributed by atoms with Crippen molar-refractivity contribution in [1.82, 2.24) is 5.32 Å². The standard InChI is InChI=1S/C10H9BrClNO3/c1-5(14)13-9(10(15)16)6-2-7(11)4-8(12)3-6/h2-4,9H,1H3,(H,13,14)(H,15,16). The van der Waals surface area contributed by atoms with Crippen molar-refractivity contribution in [3.63, 3.8) is 0 Å². The Labute approximate surface area is 106 Å². The van der Waals surface area contributed by atoms with Gasteiger partial charge in [0, 0.05) is 16.4 Å². The summed E-state index contributed by atoms with van der Waals surface area (Å²) in [5, 5.41) is 11.7. The molecule has 6 heteroatoms. The average molecular weight is 307 g/mol. The highest BCUT2D eigenvalue weighted by Gasteiger charge is 2.21. The fraction of sp³-hybridized carbons (Fsp3) is 0.200. The van der Waals surface area contributed by atoms with Crippen LogP contribution in [0, 0.1) is 0 Å². The van der Waals surface area contributed by atoms with Crippen molar-refractivity contribution in [2.45, 2.75) is 13.0 Å². The van der Waals surface area contributed by atoms with Crippen molar-refractivity contribution in [1.29, 1.82) is 0 Å². The maximum Gasteiger partial charge on any atom is 0.330 e. The minimum absolute atomic E-state index is 0.404. The van der Waals surface area contributed by atoms with Gasteiger partial charge in [-0.3, -0.25) is 4.79 Å². The van der Waals surface area contributed by atoms with Crippen LogP contribution < -0.4 is 5.32 Å². The van der Waals surface area contributed by atoms with E-state index in [-0.39, 0.29) is 0 Å². The van der Waals surface area contributed by atoms with E-state index in [4.69, 9.17) is 16.7 Å². The highest BCUT2D eigenvalue weighted by molar-refractivity contribution is 9.10. The molecule has 0 radical (unpaired) electrons. The number of amides is 1. The van der Waals surface area contributed by atoms with Gasteiger partial charge < -0.3 is 10.4 Å². The van der Waals surface area contributed by atoms with Gasteiger partial charge in [-0.2, -0.15) is 0 Å². The highest BCUT2D eigenvalue weighted by Crippen LogP contribution is 2.24. The first-order chi connectivity index (χ1) is 7.40. The molecule has 0 aromatic heterocycles. The molecule has 0 saturated carbocycles. The molecule has 2 N–H and O–H groups in total. The Balaban J connectivity index is 3.10. The van der Waals surface area contributed by atoms with Crippen LogP contribution in [0.2, 0.25) is 5.02 Å². The third-order valence-corrected chi connectivity index (χ3v) is 2.49. The zero-order valence-corrected chi connectivity index (χ0v) is 10.7. The van der Waals surface area contributed by atoms with Crippen molar-refractivity contribution in [3.05, 3.63) is 33.3 Å². The summed E-state index contributed by atoms with van der Waals surface area (Å²) in [4.78, 5) is 21.9. The summed E-state index contributed by atoms with van der Waals surface area (Å²) >= 11 is 9.01. The van der Waals surface area contributed by atoms with Crippen LogP contribution in [-0.4, -0.2) is 17.0 Å². The maximum atomic E-state index is 11.0. The van der Waals surface area contributed by atoms with Crippen LogP contribution in [0.3, 0.4) is 0 Å². The molecule has 0 bridgehead atoms. The first-order valence-electron chi connectivity index (χ1n) is 4.36. The molecular formula is C10H9BrClNO3. The number of carbonyl (C=O) groups is 2.